The Kier molecular flexibility index (Phi) is 5.12. The number of hydrogen-bond donors (Lipinski definition) is 2. The Morgan fingerprint density at radius 2 is 2.47 bits per heavy atom. The van der Waals surface area contributed by atoms with Crippen molar-refractivity contribution in [1.82, 2.24) is 0 Å². The third-order valence-electron chi connectivity index (χ3n) is 2.67. The number of benzene rings is 1. The topological polar surface area (TPSA) is 67.8 Å². The lowest BCUT2D eigenvalue weighted by molar-refractivity contribution is 0.218. The molecule has 0 radical (unpaired) electrons. The number of amides is 1. The Morgan fingerprint density at radius 1 is 1.68 bits per heavy atom. The van der Waals surface area contributed by atoms with E-state index in [1.807, 2.05) is 0 Å². The molecule has 19 heavy (non-hydrogen) atoms. The predicted octanol–water partition coefficient (Wildman–Crippen LogP) is 1.47. The Bertz CT molecular complexity index is 488. The molecule has 5 nitrogen and oxygen atoms in total. The first-order valence-corrected chi connectivity index (χ1v) is 7.03. The maximum absolute atomic E-state index is 11.7. The van der Waals surface area contributed by atoms with Crippen LogP contribution in [0.4, 0.5) is 10.5 Å². The zero-order chi connectivity index (χ0) is 13.8. The summed E-state index contributed by atoms with van der Waals surface area (Å²) in [5.74, 6) is 0.566. The van der Waals surface area contributed by atoms with Gasteiger partial charge in [0.1, 0.15) is 0 Å². The number of carbonyl (C=O) groups is 1. The normalized spacial score (nSPS) is 13.5. The van der Waals surface area contributed by atoms with Crippen LogP contribution in [0, 0.1) is 0 Å². The van der Waals surface area contributed by atoms with E-state index in [-0.39, 0.29) is 5.24 Å². The number of hydrogen-bond acceptors (Lipinski definition) is 5. The van der Waals surface area contributed by atoms with Crippen molar-refractivity contribution in [2.24, 2.45) is 0 Å². The minimum absolute atomic E-state index is 0.215. The van der Waals surface area contributed by atoms with Crippen molar-refractivity contribution in [3.8, 4) is 0 Å². The molecule has 0 atom stereocenters. The molecule has 0 saturated heterocycles. The molecule has 1 aliphatic rings. The zero-order valence-corrected chi connectivity index (χ0v) is 11.9. The molecule has 1 heterocycles. The van der Waals surface area contributed by atoms with E-state index in [1.54, 1.807) is 19.2 Å². The van der Waals surface area contributed by atoms with Gasteiger partial charge >= 0.3 is 7.12 Å². The van der Waals surface area contributed by atoms with Gasteiger partial charge in [-0.1, -0.05) is 29.4 Å². The fourth-order valence-corrected chi connectivity index (χ4v) is 2.68. The average molecular weight is 302 g/mol. The summed E-state index contributed by atoms with van der Waals surface area (Å²) in [6.07, 6.45) is 0. The van der Waals surface area contributed by atoms with Crippen LogP contribution >= 0.6 is 23.4 Å². The van der Waals surface area contributed by atoms with Crippen molar-refractivity contribution >= 4 is 46.9 Å². The van der Waals surface area contributed by atoms with Gasteiger partial charge in [0.2, 0.25) is 0 Å². The first-order valence-electron chi connectivity index (χ1n) is 5.67. The Hall–Kier alpha value is -0.725. The van der Waals surface area contributed by atoms with Gasteiger partial charge in [-0.2, -0.15) is 0 Å². The molecule has 8 heteroatoms. The van der Waals surface area contributed by atoms with Crippen LogP contribution < -0.4 is 10.8 Å². The maximum atomic E-state index is 11.7. The summed E-state index contributed by atoms with van der Waals surface area (Å²) in [6.45, 7) is 0.829. The highest BCUT2D eigenvalue weighted by Crippen LogP contribution is 2.26. The Balaban J connectivity index is 2.06. The van der Waals surface area contributed by atoms with Crippen molar-refractivity contribution in [3.63, 3.8) is 0 Å². The van der Waals surface area contributed by atoms with Gasteiger partial charge < -0.3 is 19.7 Å². The minimum atomic E-state index is -1.03. The molecular weight excluding hydrogens is 288 g/mol. The highest BCUT2D eigenvalue weighted by molar-refractivity contribution is 8.13. The van der Waals surface area contributed by atoms with E-state index in [1.165, 1.54) is 0 Å². The Labute approximate surface area is 120 Å². The lowest BCUT2D eigenvalue weighted by Crippen LogP contribution is -2.29. The van der Waals surface area contributed by atoms with Crippen molar-refractivity contribution in [2.75, 3.05) is 24.8 Å². The smallest absolute Gasteiger partial charge is 0.423 e. The monoisotopic (exact) mass is 301 g/mol. The lowest BCUT2D eigenvalue weighted by atomic mass is 9.79. The highest BCUT2D eigenvalue weighted by atomic mass is 35.5. The number of thioether (sulfide) groups is 1. The Morgan fingerprint density at radius 3 is 3.21 bits per heavy atom. The average Bonchev–Trinajstić information content (AvgIpc) is 2.76. The van der Waals surface area contributed by atoms with Gasteiger partial charge in [0.15, 0.2) is 0 Å². The van der Waals surface area contributed by atoms with Gasteiger partial charge in [0.05, 0.1) is 23.9 Å². The summed E-state index contributed by atoms with van der Waals surface area (Å²) in [5.41, 5.74) is 1.84. The molecular formula is C11H13BClNO4S. The predicted molar refractivity (Wildman–Crippen MR) is 77.2 cm³/mol. The molecule has 0 unspecified atom stereocenters. The number of halogens is 1. The van der Waals surface area contributed by atoms with Gasteiger partial charge in [0, 0.05) is 18.3 Å². The molecule has 0 fully saturated rings. The molecule has 1 amide bonds. The molecule has 1 aromatic carbocycles. The number of methoxy groups -OCH3 is 1. The SMILES string of the molecule is COCCSC(=O)Nc1ccc2c(c1Cl)B(O)OC2. The van der Waals surface area contributed by atoms with E-state index < -0.39 is 7.12 Å². The molecule has 2 rings (SSSR count). The first kappa shape index (κ1) is 14.7. The molecule has 1 aliphatic heterocycles. The van der Waals surface area contributed by atoms with Crippen LogP contribution in [-0.4, -0.2) is 36.9 Å². The van der Waals surface area contributed by atoms with Crippen LogP contribution in [0.15, 0.2) is 12.1 Å². The third-order valence-corrected chi connectivity index (χ3v) is 3.81. The minimum Gasteiger partial charge on any atom is -0.423 e. The van der Waals surface area contributed by atoms with Crippen LogP contribution in [-0.2, 0) is 16.0 Å². The molecule has 102 valence electrons. The number of nitrogens with one attached hydrogen (secondary N) is 1. The summed E-state index contributed by atoms with van der Waals surface area (Å²) in [6, 6.07) is 3.49. The van der Waals surface area contributed by atoms with Crippen molar-refractivity contribution in [3.05, 3.63) is 22.7 Å². The highest BCUT2D eigenvalue weighted by Gasteiger charge is 2.31. The molecule has 2 N–H and O–H groups in total. The molecule has 1 aromatic rings. The summed E-state index contributed by atoms with van der Waals surface area (Å²) < 4.78 is 9.94. The van der Waals surface area contributed by atoms with Crippen LogP contribution in [0.3, 0.4) is 0 Å². The summed E-state index contributed by atoms with van der Waals surface area (Å²) in [5, 5.41) is 12.4. The second-order valence-corrected chi connectivity index (χ2v) is 5.36. The standard InChI is InChI=1S/C11H13BClNO4S/c1-17-4-5-19-11(15)14-8-3-2-7-6-18-12(16)9(7)10(8)13/h2-3,16H,4-6H2,1H3,(H,14,15). The van der Waals surface area contributed by atoms with Gasteiger partial charge in [-0.15, -0.1) is 0 Å². The van der Waals surface area contributed by atoms with Crippen molar-refractivity contribution < 1.29 is 19.2 Å². The van der Waals surface area contributed by atoms with Crippen molar-refractivity contribution in [2.45, 2.75) is 6.61 Å². The van der Waals surface area contributed by atoms with Crippen molar-refractivity contribution in [1.29, 1.82) is 0 Å². The van der Waals surface area contributed by atoms with Crippen LogP contribution in [0.1, 0.15) is 5.56 Å². The van der Waals surface area contributed by atoms with E-state index in [9.17, 15) is 9.82 Å². The van der Waals surface area contributed by atoms with Gasteiger partial charge in [-0.25, -0.2) is 0 Å². The largest absolute Gasteiger partial charge is 0.493 e. The van der Waals surface area contributed by atoms with E-state index in [0.717, 1.165) is 17.3 Å². The molecule has 0 bridgehead atoms. The summed E-state index contributed by atoms with van der Waals surface area (Å²) in [4.78, 5) is 11.7. The van der Waals surface area contributed by atoms with Crippen LogP contribution in [0.5, 0.6) is 0 Å². The van der Waals surface area contributed by atoms with Gasteiger partial charge in [0.25, 0.3) is 5.24 Å². The number of anilines is 1. The van der Waals surface area contributed by atoms with E-state index in [4.69, 9.17) is 21.0 Å². The third kappa shape index (κ3) is 3.43. The van der Waals surface area contributed by atoms with Crippen LogP contribution in [0.2, 0.25) is 5.02 Å². The number of carbonyl (C=O) groups excluding carboxylic acids is 1. The number of rotatable bonds is 4. The number of fused-ring (bicyclic) bond motifs is 1. The van der Waals surface area contributed by atoms with Crippen LogP contribution in [0.25, 0.3) is 0 Å². The fourth-order valence-electron chi connectivity index (χ4n) is 1.74. The van der Waals surface area contributed by atoms with E-state index >= 15 is 0 Å². The van der Waals surface area contributed by atoms with E-state index in [2.05, 4.69) is 5.32 Å². The first-order chi connectivity index (χ1) is 9.13. The molecule has 0 aliphatic carbocycles. The summed E-state index contributed by atoms with van der Waals surface area (Å²) in [7, 11) is 0.553. The quantitative estimate of drug-likeness (QED) is 0.651. The second-order valence-electron chi connectivity index (χ2n) is 3.92. The van der Waals surface area contributed by atoms with Gasteiger partial charge in [-0.05, 0) is 11.6 Å². The van der Waals surface area contributed by atoms with E-state index in [0.29, 0.717) is 35.1 Å². The molecule has 0 spiro atoms. The maximum Gasteiger partial charge on any atom is 0.493 e. The summed E-state index contributed by atoms with van der Waals surface area (Å²) >= 11 is 7.28. The van der Waals surface area contributed by atoms with Gasteiger partial charge in [-0.3, -0.25) is 4.79 Å². The fraction of sp³-hybridized carbons (Fsp3) is 0.364. The second kappa shape index (κ2) is 6.63. The molecule has 0 aromatic heterocycles. The number of ether oxygens (including phenoxy) is 1. The zero-order valence-electron chi connectivity index (χ0n) is 10.3. The molecule has 0 saturated carbocycles. The lowest BCUT2D eigenvalue weighted by Gasteiger charge is -2.10.